The molecule has 1 saturated heterocycles. The van der Waals surface area contributed by atoms with Crippen LogP contribution >= 0.6 is 0 Å². The molecular weight excluding hydrogens is 336 g/mol. The Kier molecular flexibility index (Phi) is 7.15. The summed E-state index contributed by atoms with van der Waals surface area (Å²) in [6, 6.07) is 6.56. The van der Waals surface area contributed by atoms with Crippen molar-refractivity contribution in [3.63, 3.8) is 0 Å². The third kappa shape index (κ3) is 5.84. The van der Waals surface area contributed by atoms with Gasteiger partial charge in [-0.1, -0.05) is 19.9 Å². The lowest BCUT2D eigenvalue weighted by Crippen LogP contribution is -2.33. The van der Waals surface area contributed by atoms with Gasteiger partial charge in [-0.05, 0) is 43.4 Å². The van der Waals surface area contributed by atoms with E-state index >= 15 is 0 Å². The number of hydrogen-bond acceptors (Lipinski definition) is 4. The molecule has 1 aromatic rings. The highest BCUT2D eigenvalue weighted by Gasteiger charge is 2.24. The fraction of sp³-hybridized carbons (Fsp3) is 0.526. The van der Waals surface area contributed by atoms with Gasteiger partial charge in [-0.25, -0.2) is 0 Å². The number of benzene rings is 1. The molecule has 7 heteroatoms. The van der Waals surface area contributed by atoms with E-state index in [2.05, 4.69) is 10.6 Å². The predicted molar refractivity (Wildman–Crippen MR) is 97.0 cm³/mol. The highest BCUT2D eigenvalue weighted by molar-refractivity contribution is 5.98. The van der Waals surface area contributed by atoms with Crippen LogP contribution < -0.4 is 10.6 Å². The molecule has 3 N–H and O–H groups in total. The minimum absolute atomic E-state index is 0.0683. The van der Waals surface area contributed by atoms with Gasteiger partial charge >= 0.3 is 5.97 Å². The Morgan fingerprint density at radius 1 is 1.31 bits per heavy atom. The number of carboxylic acid groups (broad SMARTS) is 1. The Morgan fingerprint density at radius 3 is 2.69 bits per heavy atom. The van der Waals surface area contributed by atoms with E-state index in [9.17, 15) is 19.5 Å². The van der Waals surface area contributed by atoms with Gasteiger partial charge in [-0.2, -0.15) is 0 Å². The molecule has 0 spiro atoms. The minimum atomic E-state index is -0.920. The zero-order chi connectivity index (χ0) is 19.1. The number of hydrogen-bond donors (Lipinski definition) is 3. The molecule has 1 aromatic carbocycles. The van der Waals surface area contributed by atoms with Gasteiger partial charge in [0.25, 0.3) is 11.8 Å². The molecule has 0 bridgehead atoms. The van der Waals surface area contributed by atoms with E-state index in [-0.39, 0.29) is 24.3 Å². The standard InChI is InChI=1S/C19H26N2O5/c1-12(2)9-14(19(24)25)11-20-17(22)13-5-3-6-15(10-13)21-18(23)16-7-4-8-26-16/h3,5-6,10,12,14,16H,4,7-9,11H2,1-2H3,(H,20,22)(H,21,23)(H,24,25). The van der Waals surface area contributed by atoms with Crippen molar-refractivity contribution in [2.45, 2.75) is 39.2 Å². The summed E-state index contributed by atoms with van der Waals surface area (Å²) >= 11 is 0. The quantitative estimate of drug-likeness (QED) is 0.658. The monoisotopic (exact) mass is 362 g/mol. The Balaban J connectivity index is 1.94. The molecule has 1 aliphatic heterocycles. The molecular formula is C19H26N2O5. The topological polar surface area (TPSA) is 105 Å². The summed E-state index contributed by atoms with van der Waals surface area (Å²) in [7, 11) is 0. The molecule has 0 aliphatic carbocycles. The second-order valence-corrected chi connectivity index (χ2v) is 6.95. The van der Waals surface area contributed by atoms with E-state index in [1.165, 1.54) is 0 Å². The van der Waals surface area contributed by atoms with Crippen LogP contribution in [0.5, 0.6) is 0 Å². The summed E-state index contributed by atoms with van der Waals surface area (Å²) in [6.45, 7) is 4.54. The number of carbonyl (C=O) groups is 3. The van der Waals surface area contributed by atoms with Gasteiger partial charge in [0.2, 0.25) is 0 Å². The number of carboxylic acids is 1. The largest absolute Gasteiger partial charge is 0.481 e. The van der Waals surface area contributed by atoms with Crippen molar-refractivity contribution < 1.29 is 24.2 Å². The van der Waals surface area contributed by atoms with Gasteiger partial charge in [-0.3, -0.25) is 14.4 Å². The predicted octanol–water partition coefficient (Wildman–Crippen LogP) is 2.28. The van der Waals surface area contributed by atoms with Crippen molar-refractivity contribution >= 4 is 23.5 Å². The molecule has 142 valence electrons. The van der Waals surface area contributed by atoms with E-state index in [1.807, 2.05) is 13.8 Å². The molecule has 2 atom stereocenters. The molecule has 2 rings (SSSR count). The SMILES string of the molecule is CC(C)CC(CNC(=O)c1cccc(NC(=O)C2CCCO2)c1)C(=O)O. The molecule has 1 fully saturated rings. The molecule has 0 saturated carbocycles. The van der Waals surface area contributed by atoms with Crippen LogP contribution in [0.15, 0.2) is 24.3 Å². The minimum Gasteiger partial charge on any atom is -0.481 e. The van der Waals surface area contributed by atoms with E-state index < -0.39 is 18.0 Å². The maximum atomic E-state index is 12.3. The molecule has 7 nitrogen and oxygen atoms in total. The van der Waals surface area contributed by atoms with Crippen molar-refractivity contribution in [2.75, 3.05) is 18.5 Å². The highest BCUT2D eigenvalue weighted by Crippen LogP contribution is 2.17. The normalized spacial score (nSPS) is 17.7. The maximum Gasteiger partial charge on any atom is 0.308 e. The Labute approximate surface area is 153 Å². The van der Waals surface area contributed by atoms with Crippen LogP contribution in [0.4, 0.5) is 5.69 Å². The molecule has 26 heavy (non-hydrogen) atoms. The van der Waals surface area contributed by atoms with Crippen LogP contribution in [0.2, 0.25) is 0 Å². The van der Waals surface area contributed by atoms with E-state index in [4.69, 9.17) is 4.74 Å². The first-order valence-electron chi connectivity index (χ1n) is 8.90. The van der Waals surface area contributed by atoms with Gasteiger partial charge in [0.05, 0.1) is 5.92 Å². The van der Waals surface area contributed by atoms with E-state index in [0.29, 0.717) is 30.7 Å². The lowest BCUT2D eigenvalue weighted by atomic mass is 9.97. The number of ether oxygens (including phenoxy) is 1. The van der Waals surface area contributed by atoms with Crippen LogP contribution in [0.1, 0.15) is 43.5 Å². The van der Waals surface area contributed by atoms with Crippen LogP contribution in [-0.2, 0) is 14.3 Å². The van der Waals surface area contributed by atoms with Crippen molar-refractivity contribution in [3.8, 4) is 0 Å². The zero-order valence-corrected chi connectivity index (χ0v) is 15.2. The lowest BCUT2D eigenvalue weighted by Gasteiger charge is -2.16. The number of amides is 2. The highest BCUT2D eigenvalue weighted by atomic mass is 16.5. The summed E-state index contributed by atoms with van der Waals surface area (Å²) in [5, 5.41) is 14.7. The Hall–Kier alpha value is -2.41. The second-order valence-electron chi connectivity index (χ2n) is 6.95. The van der Waals surface area contributed by atoms with Crippen LogP contribution in [0, 0.1) is 11.8 Å². The van der Waals surface area contributed by atoms with Crippen molar-refractivity contribution in [3.05, 3.63) is 29.8 Å². The smallest absolute Gasteiger partial charge is 0.308 e. The number of anilines is 1. The zero-order valence-electron chi connectivity index (χ0n) is 15.2. The first-order chi connectivity index (χ1) is 12.4. The fourth-order valence-corrected chi connectivity index (χ4v) is 2.90. The maximum absolute atomic E-state index is 12.3. The third-order valence-electron chi connectivity index (χ3n) is 4.23. The summed E-state index contributed by atoms with van der Waals surface area (Å²) in [4.78, 5) is 35.7. The van der Waals surface area contributed by atoms with Crippen molar-refractivity contribution in [1.29, 1.82) is 0 Å². The molecule has 0 aromatic heterocycles. The molecule has 0 radical (unpaired) electrons. The van der Waals surface area contributed by atoms with E-state index in [0.717, 1.165) is 6.42 Å². The average molecular weight is 362 g/mol. The summed E-state index contributed by atoms with van der Waals surface area (Å²) < 4.78 is 5.34. The molecule has 1 heterocycles. The van der Waals surface area contributed by atoms with Gasteiger partial charge in [0.15, 0.2) is 0 Å². The molecule has 1 aliphatic rings. The number of nitrogens with one attached hydrogen (secondary N) is 2. The summed E-state index contributed by atoms with van der Waals surface area (Å²) in [5.41, 5.74) is 0.874. The lowest BCUT2D eigenvalue weighted by molar-refractivity contribution is -0.142. The number of rotatable bonds is 8. The summed E-state index contributed by atoms with van der Waals surface area (Å²) in [5.74, 6) is -1.90. The van der Waals surface area contributed by atoms with Crippen LogP contribution in [-0.4, -0.2) is 42.1 Å². The number of aliphatic carboxylic acids is 1. The van der Waals surface area contributed by atoms with Gasteiger partial charge < -0.3 is 20.5 Å². The van der Waals surface area contributed by atoms with Crippen LogP contribution in [0.25, 0.3) is 0 Å². The summed E-state index contributed by atoms with van der Waals surface area (Å²) in [6.07, 6.45) is 1.60. The molecule has 2 amide bonds. The van der Waals surface area contributed by atoms with E-state index in [1.54, 1.807) is 24.3 Å². The Morgan fingerprint density at radius 2 is 2.08 bits per heavy atom. The van der Waals surface area contributed by atoms with Crippen LogP contribution in [0.3, 0.4) is 0 Å². The first kappa shape index (κ1) is 19.9. The first-order valence-corrected chi connectivity index (χ1v) is 8.90. The van der Waals surface area contributed by atoms with Gasteiger partial charge in [-0.15, -0.1) is 0 Å². The van der Waals surface area contributed by atoms with Crippen molar-refractivity contribution in [2.24, 2.45) is 11.8 Å². The average Bonchev–Trinajstić information content (AvgIpc) is 3.12. The van der Waals surface area contributed by atoms with Gasteiger partial charge in [0, 0.05) is 24.4 Å². The van der Waals surface area contributed by atoms with Gasteiger partial charge in [0.1, 0.15) is 6.10 Å². The third-order valence-corrected chi connectivity index (χ3v) is 4.23. The van der Waals surface area contributed by atoms with Crippen molar-refractivity contribution in [1.82, 2.24) is 5.32 Å². The number of carbonyl (C=O) groups excluding carboxylic acids is 2. The second kappa shape index (κ2) is 9.33. The fourth-order valence-electron chi connectivity index (χ4n) is 2.90. The molecule has 2 unspecified atom stereocenters. The Bertz CT molecular complexity index is 653.